The summed E-state index contributed by atoms with van der Waals surface area (Å²) < 4.78 is 34.8. The number of sulfone groups is 1. The van der Waals surface area contributed by atoms with Gasteiger partial charge in [-0.05, 0) is 49.7 Å². The average molecular weight is 445 g/mol. The SMILES string of the molecule is Cc1ccc(Oc2ccc(OCC(=O)N3CCN(C4CCS(=O)(=O)C4)CC3)cc2)cc1. The molecule has 166 valence electrons. The third-order valence-electron chi connectivity index (χ3n) is 5.83. The zero-order valence-electron chi connectivity index (χ0n) is 17.7. The highest BCUT2D eigenvalue weighted by molar-refractivity contribution is 7.91. The first-order valence-electron chi connectivity index (χ1n) is 10.6. The molecule has 2 aromatic rings. The van der Waals surface area contributed by atoms with Gasteiger partial charge in [-0.2, -0.15) is 0 Å². The predicted octanol–water partition coefficient (Wildman–Crippen LogP) is 2.50. The summed E-state index contributed by atoms with van der Waals surface area (Å²) in [7, 11) is -2.89. The lowest BCUT2D eigenvalue weighted by atomic mass is 10.2. The molecule has 0 bridgehead atoms. The lowest BCUT2D eigenvalue weighted by Crippen LogP contribution is -2.53. The van der Waals surface area contributed by atoms with Crippen molar-refractivity contribution < 1.29 is 22.7 Å². The van der Waals surface area contributed by atoms with Crippen LogP contribution in [0.1, 0.15) is 12.0 Å². The number of rotatable bonds is 6. The Kier molecular flexibility index (Phi) is 6.48. The number of carbonyl (C=O) groups excluding carboxylic acids is 1. The Morgan fingerprint density at radius 2 is 1.52 bits per heavy atom. The number of piperazine rings is 1. The number of benzene rings is 2. The van der Waals surface area contributed by atoms with E-state index in [2.05, 4.69) is 4.90 Å². The van der Waals surface area contributed by atoms with E-state index in [0.717, 1.165) is 5.75 Å². The highest BCUT2D eigenvalue weighted by Gasteiger charge is 2.34. The van der Waals surface area contributed by atoms with Crippen molar-refractivity contribution in [3.05, 3.63) is 54.1 Å². The lowest BCUT2D eigenvalue weighted by molar-refractivity contribution is -0.135. The Hall–Kier alpha value is -2.58. The van der Waals surface area contributed by atoms with Crippen LogP contribution in [-0.4, -0.2) is 74.5 Å². The minimum absolute atomic E-state index is 0.0179. The number of aryl methyl sites for hydroxylation is 1. The van der Waals surface area contributed by atoms with Crippen LogP contribution in [-0.2, 0) is 14.6 Å². The Morgan fingerprint density at radius 1 is 0.935 bits per heavy atom. The summed E-state index contributed by atoms with van der Waals surface area (Å²) >= 11 is 0. The summed E-state index contributed by atoms with van der Waals surface area (Å²) in [5, 5.41) is 0. The average Bonchev–Trinajstić information content (AvgIpc) is 3.14. The van der Waals surface area contributed by atoms with Crippen molar-refractivity contribution in [2.75, 3.05) is 44.3 Å². The number of ether oxygens (including phenoxy) is 2. The molecule has 7 nitrogen and oxygen atoms in total. The van der Waals surface area contributed by atoms with Crippen LogP contribution in [0.2, 0.25) is 0 Å². The summed E-state index contributed by atoms with van der Waals surface area (Å²) in [5.41, 5.74) is 1.17. The molecule has 8 heteroatoms. The fourth-order valence-electron chi connectivity index (χ4n) is 3.98. The molecule has 0 N–H and O–H groups in total. The minimum Gasteiger partial charge on any atom is -0.484 e. The van der Waals surface area contributed by atoms with Gasteiger partial charge in [0.1, 0.15) is 17.2 Å². The zero-order chi connectivity index (χ0) is 21.8. The second-order valence-corrected chi connectivity index (χ2v) is 10.4. The van der Waals surface area contributed by atoms with Crippen LogP contribution in [0.25, 0.3) is 0 Å². The molecule has 1 amide bonds. The zero-order valence-corrected chi connectivity index (χ0v) is 18.5. The maximum atomic E-state index is 12.5. The second kappa shape index (κ2) is 9.28. The van der Waals surface area contributed by atoms with E-state index in [1.807, 2.05) is 43.3 Å². The van der Waals surface area contributed by atoms with E-state index in [4.69, 9.17) is 9.47 Å². The van der Waals surface area contributed by atoms with Gasteiger partial charge in [-0.1, -0.05) is 17.7 Å². The summed E-state index contributed by atoms with van der Waals surface area (Å²) in [5.74, 6) is 2.54. The van der Waals surface area contributed by atoms with Crippen molar-refractivity contribution in [1.29, 1.82) is 0 Å². The molecule has 1 atom stereocenters. The van der Waals surface area contributed by atoms with Crippen LogP contribution in [0.5, 0.6) is 17.2 Å². The van der Waals surface area contributed by atoms with E-state index < -0.39 is 9.84 Å². The van der Waals surface area contributed by atoms with E-state index in [1.165, 1.54) is 5.56 Å². The van der Waals surface area contributed by atoms with Crippen LogP contribution >= 0.6 is 0 Å². The maximum absolute atomic E-state index is 12.5. The van der Waals surface area contributed by atoms with Crippen molar-refractivity contribution in [2.45, 2.75) is 19.4 Å². The van der Waals surface area contributed by atoms with Crippen LogP contribution in [0, 0.1) is 6.92 Å². The number of carbonyl (C=O) groups is 1. The molecule has 2 saturated heterocycles. The fraction of sp³-hybridized carbons (Fsp3) is 0.435. The summed E-state index contributed by atoms with van der Waals surface area (Å²) in [4.78, 5) is 16.5. The standard InChI is InChI=1S/C23H28N2O5S/c1-18-2-4-21(5-3-18)30-22-8-6-20(7-9-22)29-16-23(26)25-13-11-24(12-14-25)19-10-15-31(27,28)17-19/h2-9,19H,10-17H2,1H3. The lowest BCUT2D eigenvalue weighted by Gasteiger charge is -2.37. The van der Waals surface area contributed by atoms with Crippen LogP contribution in [0.4, 0.5) is 0 Å². The van der Waals surface area contributed by atoms with E-state index in [9.17, 15) is 13.2 Å². The van der Waals surface area contributed by atoms with Gasteiger partial charge in [-0.15, -0.1) is 0 Å². The van der Waals surface area contributed by atoms with Crippen LogP contribution in [0.3, 0.4) is 0 Å². The summed E-state index contributed by atoms with van der Waals surface area (Å²) in [6.07, 6.45) is 0.697. The van der Waals surface area contributed by atoms with Gasteiger partial charge in [-0.3, -0.25) is 9.69 Å². The van der Waals surface area contributed by atoms with Gasteiger partial charge in [0.15, 0.2) is 16.4 Å². The molecule has 2 heterocycles. The van der Waals surface area contributed by atoms with Gasteiger partial charge in [0.2, 0.25) is 0 Å². The quantitative estimate of drug-likeness (QED) is 0.682. The van der Waals surface area contributed by atoms with E-state index in [1.54, 1.807) is 17.0 Å². The molecular formula is C23H28N2O5S. The largest absolute Gasteiger partial charge is 0.484 e. The molecule has 0 radical (unpaired) electrons. The van der Waals surface area contributed by atoms with Gasteiger partial charge in [0, 0.05) is 32.2 Å². The smallest absolute Gasteiger partial charge is 0.260 e. The molecule has 0 spiro atoms. The van der Waals surface area contributed by atoms with E-state index in [-0.39, 0.29) is 30.1 Å². The van der Waals surface area contributed by atoms with Crippen molar-refractivity contribution >= 4 is 15.7 Å². The fourth-order valence-corrected chi connectivity index (χ4v) is 5.74. The first-order valence-corrected chi connectivity index (χ1v) is 12.4. The Labute approximate surface area is 183 Å². The molecule has 2 aliphatic rings. The van der Waals surface area contributed by atoms with Crippen molar-refractivity contribution in [3.63, 3.8) is 0 Å². The molecular weight excluding hydrogens is 416 g/mol. The first kappa shape index (κ1) is 21.6. The van der Waals surface area contributed by atoms with Crippen molar-refractivity contribution in [3.8, 4) is 17.2 Å². The third kappa shape index (κ3) is 5.77. The van der Waals surface area contributed by atoms with Gasteiger partial charge in [0.25, 0.3) is 5.91 Å². The first-order chi connectivity index (χ1) is 14.9. The van der Waals surface area contributed by atoms with Gasteiger partial charge < -0.3 is 14.4 Å². The second-order valence-electron chi connectivity index (χ2n) is 8.15. The molecule has 0 aromatic heterocycles. The molecule has 2 aliphatic heterocycles. The number of hydrogen-bond donors (Lipinski definition) is 0. The molecule has 0 aliphatic carbocycles. The number of nitrogens with zero attached hydrogens (tertiary/aromatic N) is 2. The number of amides is 1. The Bertz CT molecular complexity index is 997. The van der Waals surface area contributed by atoms with Gasteiger partial charge in [0.05, 0.1) is 11.5 Å². The van der Waals surface area contributed by atoms with E-state index in [0.29, 0.717) is 44.1 Å². The topological polar surface area (TPSA) is 76.2 Å². The van der Waals surface area contributed by atoms with Gasteiger partial charge >= 0.3 is 0 Å². The van der Waals surface area contributed by atoms with Gasteiger partial charge in [-0.25, -0.2) is 8.42 Å². The van der Waals surface area contributed by atoms with Crippen molar-refractivity contribution in [2.24, 2.45) is 0 Å². The van der Waals surface area contributed by atoms with Crippen molar-refractivity contribution in [1.82, 2.24) is 9.80 Å². The Balaban J connectivity index is 1.21. The van der Waals surface area contributed by atoms with Crippen LogP contribution < -0.4 is 9.47 Å². The summed E-state index contributed by atoms with van der Waals surface area (Å²) in [6.45, 7) is 4.62. The molecule has 2 aromatic carbocycles. The molecule has 1 unspecified atom stereocenters. The monoisotopic (exact) mass is 444 g/mol. The highest BCUT2D eigenvalue weighted by Crippen LogP contribution is 2.24. The summed E-state index contributed by atoms with van der Waals surface area (Å²) in [6, 6.07) is 15.1. The molecule has 0 saturated carbocycles. The predicted molar refractivity (Wildman–Crippen MR) is 118 cm³/mol. The number of hydrogen-bond acceptors (Lipinski definition) is 6. The Morgan fingerprint density at radius 3 is 2.10 bits per heavy atom. The maximum Gasteiger partial charge on any atom is 0.260 e. The third-order valence-corrected chi connectivity index (χ3v) is 7.58. The highest BCUT2D eigenvalue weighted by atomic mass is 32.2. The van der Waals surface area contributed by atoms with Crippen LogP contribution in [0.15, 0.2) is 48.5 Å². The normalized spacial score (nSPS) is 21.1. The molecule has 2 fully saturated rings. The van der Waals surface area contributed by atoms with E-state index >= 15 is 0 Å². The molecule has 4 rings (SSSR count). The minimum atomic E-state index is -2.89. The molecule has 31 heavy (non-hydrogen) atoms.